The molecule has 1 saturated heterocycles. The predicted octanol–water partition coefficient (Wildman–Crippen LogP) is 7.12. The monoisotopic (exact) mass is 568 g/mol. The maximum Gasteiger partial charge on any atom is 0.301 e. The SMILES string of the molecule is CCCCCOc1ccc([C@H]2/C(=C(\O)c3ccc4c(c3)C[C@@H](C)O4)C(=O)C(=O)N2c2nc3ccc(C)cc3s2)cc1. The lowest BCUT2D eigenvalue weighted by molar-refractivity contribution is -0.132. The fraction of sp³-hybridized carbons (Fsp3) is 0.303. The number of aryl methyl sites for hydroxylation is 1. The lowest BCUT2D eigenvalue weighted by Crippen LogP contribution is -2.29. The van der Waals surface area contributed by atoms with Crippen molar-refractivity contribution in [2.75, 3.05) is 11.5 Å². The molecule has 1 fully saturated rings. The van der Waals surface area contributed by atoms with Crippen LogP contribution in [0.25, 0.3) is 16.0 Å². The second-order valence-electron chi connectivity index (χ2n) is 10.7. The van der Waals surface area contributed by atoms with Crippen LogP contribution in [0.5, 0.6) is 11.5 Å². The summed E-state index contributed by atoms with van der Waals surface area (Å²) >= 11 is 1.35. The van der Waals surface area contributed by atoms with Crippen LogP contribution in [0, 0.1) is 6.92 Å². The van der Waals surface area contributed by atoms with E-state index in [4.69, 9.17) is 14.5 Å². The van der Waals surface area contributed by atoms with E-state index in [1.165, 1.54) is 16.2 Å². The summed E-state index contributed by atoms with van der Waals surface area (Å²) in [6.07, 6.45) is 3.93. The number of hydrogen-bond donors (Lipinski definition) is 1. The number of rotatable bonds is 8. The van der Waals surface area contributed by atoms with E-state index in [9.17, 15) is 14.7 Å². The van der Waals surface area contributed by atoms with Crippen LogP contribution >= 0.6 is 11.3 Å². The molecule has 2 atom stereocenters. The number of carbonyl (C=O) groups is 2. The largest absolute Gasteiger partial charge is 0.507 e. The van der Waals surface area contributed by atoms with Gasteiger partial charge in [-0.1, -0.05) is 49.3 Å². The molecule has 6 rings (SSSR count). The summed E-state index contributed by atoms with van der Waals surface area (Å²) in [5, 5.41) is 12.0. The van der Waals surface area contributed by atoms with Crippen molar-refractivity contribution in [3.8, 4) is 11.5 Å². The summed E-state index contributed by atoms with van der Waals surface area (Å²) in [6, 6.07) is 17.8. The molecular formula is C33H32N2O5S. The number of unbranched alkanes of at least 4 members (excludes halogenated alkanes) is 2. The average molecular weight is 569 g/mol. The van der Waals surface area contributed by atoms with Crippen molar-refractivity contribution < 1.29 is 24.2 Å². The molecule has 0 radical (unpaired) electrons. The molecule has 1 N–H and O–H groups in total. The molecule has 3 heterocycles. The van der Waals surface area contributed by atoms with Crippen LogP contribution in [0.1, 0.15) is 61.4 Å². The molecule has 2 aliphatic rings. The highest BCUT2D eigenvalue weighted by Gasteiger charge is 2.48. The van der Waals surface area contributed by atoms with Crippen molar-refractivity contribution in [2.24, 2.45) is 0 Å². The van der Waals surface area contributed by atoms with Crippen LogP contribution in [0.15, 0.2) is 66.2 Å². The number of fused-ring (bicyclic) bond motifs is 2. The fourth-order valence-electron chi connectivity index (χ4n) is 5.48. The zero-order chi connectivity index (χ0) is 28.7. The Hall–Kier alpha value is -4.17. The summed E-state index contributed by atoms with van der Waals surface area (Å²) in [5.41, 5.74) is 3.98. The minimum atomic E-state index is -0.853. The van der Waals surface area contributed by atoms with E-state index in [2.05, 4.69) is 6.92 Å². The van der Waals surface area contributed by atoms with E-state index in [0.717, 1.165) is 46.4 Å². The number of ketones is 1. The molecule has 3 aromatic carbocycles. The van der Waals surface area contributed by atoms with Gasteiger partial charge >= 0.3 is 5.91 Å². The normalized spacial score (nSPS) is 19.5. The lowest BCUT2D eigenvalue weighted by Gasteiger charge is -2.23. The van der Waals surface area contributed by atoms with E-state index in [1.54, 1.807) is 12.1 Å². The van der Waals surface area contributed by atoms with Gasteiger partial charge in [-0.15, -0.1) is 0 Å². The average Bonchev–Trinajstić information content (AvgIpc) is 3.63. The molecule has 0 saturated carbocycles. The number of thiazole rings is 1. The van der Waals surface area contributed by atoms with E-state index in [0.29, 0.717) is 35.0 Å². The molecule has 0 unspecified atom stereocenters. The van der Waals surface area contributed by atoms with Crippen molar-refractivity contribution >= 4 is 44.1 Å². The van der Waals surface area contributed by atoms with Gasteiger partial charge in [0, 0.05) is 12.0 Å². The number of aliphatic hydroxyl groups is 1. The van der Waals surface area contributed by atoms with Gasteiger partial charge in [-0.05, 0) is 79.4 Å². The third kappa shape index (κ3) is 5.08. The lowest BCUT2D eigenvalue weighted by atomic mass is 9.94. The van der Waals surface area contributed by atoms with Crippen LogP contribution in [-0.2, 0) is 16.0 Å². The minimum Gasteiger partial charge on any atom is -0.507 e. The zero-order valence-electron chi connectivity index (χ0n) is 23.3. The standard InChI is InChI=1S/C33H32N2O5S/c1-4-5-6-15-39-24-11-8-21(9-12-24)29-28(30(36)22-10-14-26-23(18-22)17-20(3)40-26)31(37)32(38)35(29)33-34-25-13-7-19(2)16-27(25)41-33/h7-14,16,18,20,29,36H,4-6,15,17H2,1-3H3/b30-28+/t20-,29+/m1/s1. The van der Waals surface area contributed by atoms with Crippen LogP contribution in [0.2, 0.25) is 0 Å². The van der Waals surface area contributed by atoms with Gasteiger partial charge in [0.1, 0.15) is 23.4 Å². The third-order valence-electron chi connectivity index (χ3n) is 7.57. The highest BCUT2D eigenvalue weighted by atomic mass is 32.1. The van der Waals surface area contributed by atoms with Crippen molar-refractivity contribution in [1.82, 2.24) is 4.98 Å². The van der Waals surface area contributed by atoms with E-state index < -0.39 is 17.7 Å². The van der Waals surface area contributed by atoms with Crippen LogP contribution in [0.4, 0.5) is 5.13 Å². The van der Waals surface area contributed by atoms with Gasteiger partial charge in [0.25, 0.3) is 5.78 Å². The molecular weight excluding hydrogens is 536 g/mol. The zero-order valence-corrected chi connectivity index (χ0v) is 24.2. The first-order valence-electron chi connectivity index (χ1n) is 14.0. The Kier molecular flexibility index (Phi) is 7.26. The van der Waals surface area contributed by atoms with Crippen molar-refractivity contribution in [1.29, 1.82) is 0 Å². The highest BCUT2D eigenvalue weighted by Crippen LogP contribution is 2.45. The van der Waals surface area contributed by atoms with Crippen LogP contribution in [-0.4, -0.2) is 34.5 Å². The number of amides is 1. The van der Waals surface area contributed by atoms with E-state index in [-0.39, 0.29) is 17.4 Å². The summed E-state index contributed by atoms with van der Waals surface area (Å²) < 4.78 is 12.6. The van der Waals surface area contributed by atoms with Gasteiger partial charge in [0.2, 0.25) is 0 Å². The van der Waals surface area contributed by atoms with Crippen molar-refractivity contribution in [2.45, 2.75) is 58.6 Å². The molecule has 0 bridgehead atoms. The number of ether oxygens (including phenoxy) is 2. The maximum absolute atomic E-state index is 13.6. The summed E-state index contributed by atoms with van der Waals surface area (Å²) in [4.78, 5) is 33.4. The minimum absolute atomic E-state index is 0.0361. The fourth-order valence-corrected chi connectivity index (χ4v) is 6.57. The Morgan fingerprint density at radius 2 is 1.90 bits per heavy atom. The second kappa shape index (κ2) is 11.0. The molecule has 0 spiro atoms. The number of benzene rings is 3. The summed E-state index contributed by atoms with van der Waals surface area (Å²) in [5.74, 6) is -0.191. The number of anilines is 1. The Balaban J connectivity index is 1.44. The molecule has 210 valence electrons. The molecule has 1 aromatic heterocycles. The molecule has 7 nitrogen and oxygen atoms in total. The summed E-state index contributed by atoms with van der Waals surface area (Å²) in [7, 11) is 0. The number of Topliss-reactive ketones (excluding diaryl/α,β-unsaturated/α-hetero) is 1. The van der Waals surface area contributed by atoms with Gasteiger partial charge < -0.3 is 14.6 Å². The number of aromatic nitrogens is 1. The van der Waals surface area contributed by atoms with Crippen LogP contribution < -0.4 is 14.4 Å². The van der Waals surface area contributed by atoms with E-state index in [1.807, 2.05) is 62.4 Å². The Morgan fingerprint density at radius 3 is 2.68 bits per heavy atom. The molecule has 41 heavy (non-hydrogen) atoms. The number of carbonyl (C=O) groups excluding carboxylic acids is 2. The van der Waals surface area contributed by atoms with Crippen LogP contribution in [0.3, 0.4) is 0 Å². The summed E-state index contributed by atoms with van der Waals surface area (Å²) in [6.45, 7) is 6.76. The molecule has 8 heteroatoms. The third-order valence-corrected chi connectivity index (χ3v) is 8.58. The number of hydrogen-bond acceptors (Lipinski definition) is 7. The van der Waals surface area contributed by atoms with Gasteiger partial charge in [0.05, 0.1) is 28.4 Å². The molecule has 1 amide bonds. The van der Waals surface area contributed by atoms with Gasteiger partial charge in [-0.25, -0.2) is 4.98 Å². The van der Waals surface area contributed by atoms with Crippen molar-refractivity contribution in [3.63, 3.8) is 0 Å². The first kappa shape index (κ1) is 27.0. The van der Waals surface area contributed by atoms with Gasteiger partial charge in [-0.2, -0.15) is 0 Å². The highest BCUT2D eigenvalue weighted by molar-refractivity contribution is 7.22. The number of aliphatic hydroxyl groups excluding tert-OH is 1. The molecule has 4 aromatic rings. The number of nitrogens with zero attached hydrogens (tertiary/aromatic N) is 2. The first-order chi connectivity index (χ1) is 19.8. The Labute approximate surface area is 243 Å². The van der Waals surface area contributed by atoms with Gasteiger partial charge in [0.15, 0.2) is 5.13 Å². The van der Waals surface area contributed by atoms with Gasteiger partial charge in [-0.3, -0.25) is 14.5 Å². The predicted molar refractivity (Wildman–Crippen MR) is 161 cm³/mol. The maximum atomic E-state index is 13.6. The molecule has 2 aliphatic heterocycles. The first-order valence-corrected chi connectivity index (χ1v) is 14.9. The Morgan fingerprint density at radius 1 is 1.10 bits per heavy atom. The smallest absolute Gasteiger partial charge is 0.301 e. The topological polar surface area (TPSA) is 89.0 Å². The van der Waals surface area contributed by atoms with E-state index >= 15 is 0 Å². The Bertz CT molecular complexity index is 1670. The van der Waals surface area contributed by atoms with Crippen molar-refractivity contribution in [3.05, 3.63) is 88.5 Å². The molecule has 0 aliphatic carbocycles. The second-order valence-corrected chi connectivity index (χ2v) is 11.7. The quantitative estimate of drug-likeness (QED) is 0.105.